The van der Waals surface area contributed by atoms with Gasteiger partial charge in [-0.1, -0.05) is 12.1 Å². The normalized spacial score (nSPS) is 18.5. The second-order valence-electron chi connectivity index (χ2n) is 4.43. The molecule has 1 atom stereocenters. The summed E-state index contributed by atoms with van der Waals surface area (Å²) in [4.78, 5) is 2.18. The van der Waals surface area contributed by atoms with E-state index in [-0.39, 0.29) is 18.4 Å². The minimum Gasteiger partial charge on any atom is -0.435 e. The van der Waals surface area contributed by atoms with E-state index in [9.17, 15) is 13.9 Å². The van der Waals surface area contributed by atoms with Crippen LogP contribution in [0.3, 0.4) is 0 Å². The van der Waals surface area contributed by atoms with Gasteiger partial charge in [0.1, 0.15) is 5.75 Å². The zero-order valence-electron chi connectivity index (χ0n) is 10.6. The third-order valence-electron chi connectivity index (χ3n) is 3.26. The molecule has 0 radical (unpaired) electrons. The van der Waals surface area contributed by atoms with Gasteiger partial charge in [0.25, 0.3) is 0 Å². The summed E-state index contributed by atoms with van der Waals surface area (Å²) in [5, 5.41) is 12.8. The highest BCUT2D eigenvalue weighted by atomic mass is 19.3. The third-order valence-corrected chi connectivity index (χ3v) is 3.26. The Kier molecular flexibility index (Phi) is 5.07. The molecular formula is C13H18F2N2O2. The van der Waals surface area contributed by atoms with Gasteiger partial charge in [0, 0.05) is 26.2 Å². The number of aliphatic hydroxyl groups is 1. The number of benzene rings is 1. The quantitative estimate of drug-likeness (QED) is 0.846. The molecule has 2 N–H and O–H groups in total. The van der Waals surface area contributed by atoms with Gasteiger partial charge in [-0.25, -0.2) is 0 Å². The molecule has 1 aliphatic rings. The van der Waals surface area contributed by atoms with E-state index in [0.717, 1.165) is 31.7 Å². The molecule has 1 saturated heterocycles. The van der Waals surface area contributed by atoms with Gasteiger partial charge in [-0.2, -0.15) is 8.78 Å². The number of hydrogen-bond acceptors (Lipinski definition) is 4. The molecule has 2 rings (SSSR count). The summed E-state index contributed by atoms with van der Waals surface area (Å²) in [6, 6.07) is 6.36. The monoisotopic (exact) mass is 272 g/mol. The number of ether oxygens (including phenoxy) is 1. The fourth-order valence-corrected chi connectivity index (χ4v) is 2.30. The molecular weight excluding hydrogens is 254 g/mol. The Morgan fingerprint density at radius 2 is 1.84 bits per heavy atom. The zero-order valence-corrected chi connectivity index (χ0v) is 10.6. The average Bonchev–Trinajstić information content (AvgIpc) is 2.42. The summed E-state index contributed by atoms with van der Waals surface area (Å²) in [5.74, 6) is 0.135. The second-order valence-corrected chi connectivity index (χ2v) is 4.43. The van der Waals surface area contributed by atoms with Crippen LogP contribution in [0.15, 0.2) is 24.3 Å². The number of alkyl halides is 2. The lowest BCUT2D eigenvalue weighted by atomic mass is 10.1. The molecule has 1 aromatic carbocycles. The lowest BCUT2D eigenvalue weighted by Gasteiger charge is -2.34. The second kappa shape index (κ2) is 6.79. The predicted octanol–water partition coefficient (Wildman–Crippen LogP) is 1.23. The Balaban J connectivity index is 2.05. The highest BCUT2D eigenvalue weighted by Crippen LogP contribution is 2.23. The molecule has 19 heavy (non-hydrogen) atoms. The number of piperazine rings is 1. The van der Waals surface area contributed by atoms with Crippen LogP contribution >= 0.6 is 0 Å². The van der Waals surface area contributed by atoms with Crippen LogP contribution in [0, 0.1) is 0 Å². The predicted molar refractivity (Wildman–Crippen MR) is 67.3 cm³/mol. The Hall–Kier alpha value is -1.24. The van der Waals surface area contributed by atoms with E-state index in [2.05, 4.69) is 15.0 Å². The summed E-state index contributed by atoms with van der Waals surface area (Å²) in [5.41, 5.74) is 0.908. The smallest absolute Gasteiger partial charge is 0.387 e. The van der Waals surface area contributed by atoms with Gasteiger partial charge >= 0.3 is 6.61 Å². The molecule has 0 unspecified atom stereocenters. The van der Waals surface area contributed by atoms with Crippen LogP contribution in [0.4, 0.5) is 8.78 Å². The molecule has 6 heteroatoms. The maximum absolute atomic E-state index is 12.1. The summed E-state index contributed by atoms with van der Waals surface area (Å²) < 4.78 is 28.4. The lowest BCUT2D eigenvalue weighted by Crippen LogP contribution is -2.46. The number of nitrogens with one attached hydrogen (secondary N) is 1. The van der Waals surface area contributed by atoms with E-state index in [0.29, 0.717) is 0 Å². The molecule has 0 aliphatic carbocycles. The molecule has 1 aliphatic heterocycles. The average molecular weight is 272 g/mol. The highest BCUT2D eigenvalue weighted by Gasteiger charge is 2.21. The number of halogens is 2. The van der Waals surface area contributed by atoms with Gasteiger partial charge in [0.15, 0.2) is 0 Å². The molecule has 4 nitrogen and oxygen atoms in total. The molecule has 1 aromatic rings. The summed E-state index contributed by atoms with van der Waals surface area (Å²) in [7, 11) is 0. The Morgan fingerprint density at radius 1 is 1.21 bits per heavy atom. The van der Waals surface area contributed by atoms with E-state index >= 15 is 0 Å². The fourth-order valence-electron chi connectivity index (χ4n) is 2.30. The van der Waals surface area contributed by atoms with Gasteiger partial charge in [-0.3, -0.25) is 4.90 Å². The van der Waals surface area contributed by atoms with Crippen LogP contribution < -0.4 is 10.1 Å². The first-order valence-electron chi connectivity index (χ1n) is 6.31. The zero-order chi connectivity index (χ0) is 13.7. The highest BCUT2D eigenvalue weighted by molar-refractivity contribution is 5.29. The van der Waals surface area contributed by atoms with Gasteiger partial charge in [-0.05, 0) is 17.7 Å². The molecule has 0 spiro atoms. The van der Waals surface area contributed by atoms with Crippen molar-refractivity contribution in [3.05, 3.63) is 29.8 Å². The molecule has 0 bridgehead atoms. The van der Waals surface area contributed by atoms with Crippen molar-refractivity contribution in [2.45, 2.75) is 12.7 Å². The van der Waals surface area contributed by atoms with E-state index in [4.69, 9.17) is 0 Å². The van der Waals surface area contributed by atoms with E-state index in [1.165, 1.54) is 12.1 Å². The molecule has 106 valence electrons. The maximum Gasteiger partial charge on any atom is 0.387 e. The van der Waals surface area contributed by atoms with Crippen LogP contribution in [0.25, 0.3) is 0 Å². The molecule has 0 amide bonds. The van der Waals surface area contributed by atoms with Crippen molar-refractivity contribution in [2.75, 3.05) is 32.8 Å². The van der Waals surface area contributed by atoms with Gasteiger partial charge in [0.05, 0.1) is 12.6 Å². The van der Waals surface area contributed by atoms with Crippen molar-refractivity contribution in [1.29, 1.82) is 0 Å². The SMILES string of the molecule is OC[C@H](c1ccc(OC(F)F)cc1)N1CCNCC1. The lowest BCUT2D eigenvalue weighted by molar-refractivity contribution is -0.0498. The first kappa shape index (κ1) is 14.2. The van der Waals surface area contributed by atoms with Gasteiger partial charge in [-0.15, -0.1) is 0 Å². The molecule has 0 saturated carbocycles. The van der Waals surface area contributed by atoms with E-state index in [1.807, 2.05) is 0 Å². The van der Waals surface area contributed by atoms with Crippen LogP contribution in [-0.4, -0.2) is 49.4 Å². The maximum atomic E-state index is 12.1. The summed E-state index contributed by atoms with van der Waals surface area (Å²) in [6.45, 7) is 0.704. The van der Waals surface area contributed by atoms with Crippen molar-refractivity contribution in [3.8, 4) is 5.75 Å². The number of rotatable bonds is 5. The van der Waals surface area contributed by atoms with Gasteiger partial charge < -0.3 is 15.2 Å². The Morgan fingerprint density at radius 3 is 2.37 bits per heavy atom. The van der Waals surface area contributed by atoms with Crippen LogP contribution in [-0.2, 0) is 0 Å². The number of nitrogens with zero attached hydrogens (tertiary/aromatic N) is 1. The van der Waals surface area contributed by atoms with Crippen LogP contribution in [0.1, 0.15) is 11.6 Å². The summed E-state index contributed by atoms with van der Waals surface area (Å²) in [6.07, 6.45) is 0. The van der Waals surface area contributed by atoms with Crippen LogP contribution in [0.5, 0.6) is 5.75 Å². The Bertz CT molecular complexity index is 381. The number of aliphatic hydroxyl groups excluding tert-OH is 1. The fraction of sp³-hybridized carbons (Fsp3) is 0.538. The van der Waals surface area contributed by atoms with Crippen molar-refractivity contribution in [1.82, 2.24) is 10.2 Å². The van der Waals surface area contributed by atoms with Crippen molar-refractivity contribution in [2.24, 2.45) is 0 Å². The largest absolute Gasteiger partial charge is 0.435 e. The number of hydrogen-bond donors (Lipinski definition) is 2. The third kappa shape index (κ3) is 3.86. The van der Waals surface area contributed by atoms with Crippen molar-refractivity contribution in [3.63, 3.8) is 0 Å². The van der Waals surface area contributed by atoms with E-state index < -0.39 is 6.61 Å². The topological polar surface area (TPSA) is 44.7 Å². The standard InChI is InChI=1S/C13H18F2N2O2/c14-13(15)19-11-3-1-10(2-4-11)12(9-18)17-7-5-16-6-8-17/h1-4,12-13,16,18H,5-9H2/t12-/m1/s1. The first-order valence-corrected chi connectivity index (χ1v) is 6.31. The van der Waals surface area contributed by atoms with Crippen molar-refractivity contribution < 1.29 is 18.6 Å². The van der Waals surface area contributed by atoms with Crippen molar-refractivity contribution >= 4 is 0 Å². The van der Waals surface area contributed by atoms with Gasteiger partial charge in [0.2, 0.25) is 0 Å². The first-order chi connectivity index (χ1) is 9.20. The molecule has 1 fully saturated rings. The van der Waals surface area contributed by atoms with Crippen LogP contribution in [0.2, 0.25) is 0 Å². The summed E-state index contributed by atoms with van der Waals surface area (Å²) >= 11 is 0. The van der Waals surface area contributed by atoms with E-state index in [1.54, 1.807) is 12.1 Å². The minimum atomic E-state index is -2.81. The molecule has 1 heterocycles. The molecule has 0 aromatic heterocycles. The Labute approximate surface area is 111 Å². The minimum absolute atomic E-state index is 0.00898.